The van der Waals surface area contributed by atoms with Crippen LogP contribution < -0.4 is 0 Å². The maximum atomic E-state index is 10.5. The summed E-state index contributed by atoms with van der Waals surface area (Å²) in [5.74, 6) is -0.936. The van der Waals surface area contributed by atoms with E-state index in [4.69, 9.17) is 5.11 Å². The average Bonchev–Trinajstić information content (AvgIpc) is 2.30. The van der Waals surface area contributed by atoms with E-state index in [2.05, 4.69) is 0 Å². The van der Waals surface area contributed by atoms with Gasteiger partial charge in [0.2, 0.25) is 0 Å². The molecule has 0 aliphatic heterocycles. The number of thiophene rings is 1. The van der Waals surface area contributed by atoms with Gasteiger partial charge in [0.25, 0.3) is 0 Å². The summed E-state index contributed by atoms with van der Waals surface area (Å²) in [6.07, 6.45) is 0. The van der Waals surface area contributed by atoms with Gasteiger partial charge in [0.05, 0.1) is 0 Å². The number of carboxylic acid groups (broad SMARTS) is 1. The number of aromatic carboxylic acids is 1. The Kier molecular flexibility index (Phi) is 2.38. The summed E-state index contributed by atoms with van der Waals surface area (Å²) in [7, 11) is 0. The highest BCUT2D eigenvalue weighted by atomic mass is 32.1. The van der Waals surface area contributed by atoms with Gasteiger partial charge < -0.3 is 10.2 Å². The summed E-state index contributed by atoms with van der Waals surface area (Å²) in [4.78, 5) is 11.4. The highest BCUT2D eigenvalue weighted by Crippen LogP contribution is 2.32. The van der Waals surface area contributed by atoms with Crippen LogP contribution >= 0.6 is 11.3 Å². The third-order valence-corrected chi connectivity index (χ3v) is 2.91. The minimum atomic E-state index is -1.07. The molecule has 2 N–H and O–H groups in total. The fourth-order valence-electron chi connectivity index (χ4n) is 0.838. The van der Waals surface area contributed by atoms with E-state index in [1.165, 1.54) is 6.07 Å². The van der Waals surface area contributed by atoms with Crippen LogP contribution in [0.5, 0.6) is 5.75 Å². The Labute approximate surface area is 74.3 Å². The lowest BCUT2D eigenvalue weighted by molar-refractivity contribution is 0.0699. The summed E-state index contributed by atoms with van der Waals surface area (Å²) in [6, 6.07) is 1.51. The molecule has 0 fully saturated rings. The van der Waals surface area contributed by atoms with Crippen LogP contribution in [0.3, 0.4) is 0 Å². The second kappa shape index (κ2) is 3.15. The van der Waals surface area contributed by atoms with E-state index < -0.39 is 5.97 Å². The van der Waals surface area contributed by atoms with E-state index in [0.29, 0.717) is 0 Å². The van der Waals surface area contributed by atoms with Gasteiger partial charge in [-0.2, -0.15) is 0 Å². The Morgan fingerprint density at radius 1 is 1.58 bits per heavy atom. The van der Waals surface area contributed by atoms with Crippen molar-refractivity contribution in [3.8, 4) is 5.75 Å². The first-order valence-electron chi connectivity index (χ1n) is 3.58. The van der Waals surface area contributed by atoms with Crippen molar-refractivity contribution in [3.63, 3.8) is 0 Å². The highest BCUT2D eigenvalue weighted by molar-refractivity contribution is 7.14. The van der Waals surface area contributed by atoms with Gasteiger partial charge in [-0.15, -0.1) is 11.3 Å². The van der Waals surface area contributed by atoms with Crippen molar-refractivity contribution in [3.05, 3.63) is 15.8 Å². The molecule has 0 atom stereocenters. The van der Waals surface area contributed by atoms with Gasteiger partial charge in [-0.05, 0) is 12.0 Å². The number of aromatic hydroxyl groups is 1. The molecule has 1 heterocycles. The van der Waals surface area contributed by atoms with Gasteiger partial charge in [0.1, 0.15) is 5.75 Å². The van der Waals surface area contributed by atoms with Crippen LogP contribution in [-0.2, 0) is 0 Å². The van der Waals surface area contributed by atoms with Gasteiger partial charge >= 0.3 is 5.97 Å². The first-order valence-corrected chi connectivity index (χ1v) is 4.40. The molecular formula is C8H10O3S. The van der Waals surface area contributed by atoms with Gasteiger partial charge in [0, 0.05) is 4.88 Å². The Hall–Kier alpha value is -1.03. The third-order valence-electron chi connectivity index (χ3n) is 1.49. The molecule has 0 aliphatic rings. The van der Waals surface area contributed by atoms with E-state index in [0.717, 1.165) is 16.2 Å². The minimum Gasteiger partial charge on any atom is -0.506 e. The van der Waals surface area contributed by atoms with Crippen LogP contribution in [0.2, 0.25) is 0 Å². The Bertz CT molecular complexity index is 301. The molecule has 0 saturated carbocycles. The molecule has 0 amide bonds. The van der Waals surface area contributed by atoms with Crippen molar-refractivity contribution in [2.75, 3.05) is 0 Å². The SMILES string of the molecule is CC(C)c1cc(O)c(C(=O)O)s1. The van der Waals surface area contributed by atoms with E-state index in [9.17, 15) is 9.90 Å². The lowest BCUT2D eigenvalue weighted by Gasteiger charge is -1.96. The summed E-state index contributed by atoms with van der Waals surface area (Å²) in [5.41, 5.74) is 0. The molecular weight excluding hydrogens is 176 g/mol. The molecule has 0 bridgehead atoms. The van der Waals surface area contributed by atoms with Crippen molar-refractivity contribution in [2.45, 2.75) is 19.8 Å². The predicted octanol–water partition coefficient (Wildman–Crippen LogP) is 2.28. The topological polar surface area (TPSA) is 57.5 Å². The minimum absolute atomic E-state index is 0.0266. The Morgan fingerprint density at radius 2 is 2.17 bits per heavy atom. The van der Waals surface area contributed by atoms with Crippen LogP contribution in [0.1, 0.15) is 34.3 Å². The van der Waals surface area contributed by atoms with E-state index in [1.54, 1.807) is 0 Å². The zero-order valence-corrected chi connectivity index (χ0v) is 7.68. The van der Waals surface area contributed by atoms with Gasteiger partial charge in [-0.1, -0.05) is 13.8 Å². The van der Waals surface area contributed by atoms with Crippen molar-refractivity contribution in [1.29, 1.82) is 0 Å². The molecule has 4 heteroatoms. The van der Waals surface area contributed by atoms with Crippen molar-refractivity contribution in [1.82, 2.24) is 0 Å². The number of hydrogen-bond acceptors (Lipinski definition) is 3. The lowest BCUT2D eigenvalue weighted by Crippen LogP contribution is -1.90. The molecule has 0 spiro atoms. The molecule has 1 aromatic heterocycles. The van der Waals surface area contributed by atoms with Crippen molar-refractivity contribution in [2.24, 2.45) is 0 Å². The maximum absolute atomic E-state index is 10.5. The van der Waals surface area contributed by atoms with Crippen LogP contribution in [0.25, 0.3) is 0 Å². The summed E-state index contributed by atoms with van der Waals surface area (Å²) in [5, 5.41) is 17.8. The smallest absolute Gasteiger partial charge is 0.349 e. The normalized spacial score (nSPS) is 10.6. The average molecular weight is 186 g/mol. The van der Waals surface area contributed by atoms with Crippen LogP contribution in [0.15, 0.2) is 6.07 Å². The second-order valence-corrected chi connectivity index (χ2v) is 3.91. The van der Waals surface area contributed by atoms with Crippen LogP contribution in [-0.4, -0.2) is 16.2 Å². The Balaban J connectivity index is 3.09. The number of rotatable bonds is 2. The van der Waals surface area contributed by atoms with Crippen molar-refractivity contribution >= 4 is 17.3 Å². The number of carboxylic acids is 1. The third kappa shape index (κ3) is 1.58. The van der Waals surface area contributed by atoms with Gasteiger partial charge in [-0.25, -0.2) is 4.79 Å². The first-order chi connectivity index (χ1) is 5.52. The summed E-state index contributed by atoms with van der Waals surface area (Å²) < 4.78 is 0. The molecule has 0 saturated heterocycles. The quantitative estimate of drug-likeness (QED) is 0.744. The van der Waals surface area contributed by atoms with Gasteiger partial charge in [0.15, 0.2) is 4.88 Å². The fourth-order valence-corrected chi connectivity index (χ4v) is 1.73. The first kappa shape index (κ1) is 9.06. The molecule has 0 aliphatic carbocycles. The van der Waals surface area contributed by atoms with Crippen LogP contribution in [0, 0.1) is 0 Å². The molecule has 66 valence electrons. The highest BCUT2D eigenvalue weighted by Gasteiger charge is 2.15. The second-order valence-electron chi connectivity index (χ2n) is 2.82. The summed E-state index contributed by atoms with van der Waals surface area (Å²) >= 11 is 1.13. The Morgan fingerprint density at radius 3 is 2.42 bits per heavy atom. The predicted molar refractivity (Wildman–Crippen MR) is 47.0 cm³/mol. The fraction of sp³-hybridized carbons (Fsp3) is 0.375. The largest absolute Gasteiger partial charge is 0.506 e. The summed E-state index contributed by atoms with van der Waals surface area (Å²) in [6.45, 7) is 3.91. The molecule has 12 heavy (non-hydrogen) atoms. The zero-order chi connectivity index (χ0) is 9.30. The molecule has 1 rings (SSSR count). The molecule has 0 radical (unpaired) electrons. The molecule has 0 unspecified atom stereocenters. The monoisotopic (exact) mass is 186 g/mol. The van der Waals surface area contributed by atoms with Crippen LogP contribution in [0.4, 0.5) is 0 Å². The standard InChI is InChI=1S/C8H10O3S/c1-4(2)6-3-5(9)7(12-6)8(10)11/h3-4,9H,1-2H3,(H,10,11). The van der Waals surface area contributed by atoms with E-state index in [1.807, 2.05) is 13.8 Å². The van der Waals surface area contributed by atoms with Crippen molar-refractivity contribution < 1.29 is 15.0 Å². The number of carbonyl (C=O) groups is 1. The van der Waals surface area contributed by atoms with E-state index >= 15 is 0 Å². The maximum Gasteiger partial charge on any atom is 0.349 e. The molecule has 1 aromatic rings. The van der Waals surface area contributed by atoms with E-state index in [-0.39, 0.29) is 16.5 Å². The lowest BCUT2D eigenvalue weighted by atomic mass is 10.2. The number of hydrogen-bond donors (Lipinski definition) is 2. The molecule has 3 nitrogen and oxygen atoms in total. The van der Waals surface area contributed by atoms with Gasteiger partial charge in [-0.3, -0.25) is 0 Å². The molecule has 0 aromatic carbocycles. The zero-order valence-electron chi connectivity index (χ0n) is 6.87.